The highest BCUT2D eigenvalue weighted by atomic mass is 14.3. The first-order valence-electron chi connectivity index (χ1n) is 21.1. The summed E-state index contributed by atoms with van der Waals surface area (Å²) in [7, 11) is 0. The molecule has 0 N–H and O–H groups in total. The number of hydrogen-bond donors (Lipinski definition) is 0. The fraction of sp³-hybridized carbons (Fsp3) is 0.0667. The molecule has 11 rings (SSSR count). The summed E-state index contributed by atoms with van der Waals surface area (Å²) in [6.07, 6.45) is 0. The number of fused-ring (bicyclic) bond motifs is 5. The Hall–Kier alpha value is -7.28. The maximum Gasteiger partial charge on any atom is -0.00140 e. The summed E-state index contributed by atoms with van der Waals surface area (Å²) in [4.78, 5) is 0. The van der Waals surface area contributed by atoms with Crippen molar-refractivity contribution in [3.05, 3.63) is 216 Å². The van der Waals surface area contributed by atoms with Crippen LogP contribution in [-0.4, -0.2) is 0 Å². The molecule has 0 aromatic heterocycles. The second kappa shape index (κ2) is 14.2. The van der Waals surface area contributed by atoms with Crippen LogP contribution in [0.1, 0.15) is 22.3 Å². The van der Waals surface area contributed by atoms with Gasteiger partial charge in [0.15, 0.2) is 0 Å². The third-order valence-corrected chi connectivity index (χ3v) is 13.2. The molecular formula is C60H44. The van der Waals surface area contributed by atoms with Gasteiger partial charge in [0.25, 0.3) is 0 Å². The van der Waals surface area contributed by atoms with Crippen LogP contribution in [0, 0.1) is 27.7 Å². The van der Waals surface area contributed by atoms with E-state index in [1.807, 2.05) is 0 Å². The van der Waals surface area contributed by atoms with Crippen molar-refractivity contribution < 1.29 is 0 Å². The molecule has 0 aliphatic carbocycles. The predicted molar refractivity (Wildman–Crippen MR) is 260 cm³/mol. The molecule has 0 bridgehead atoms. The normalized spacial score (nSPS) is 11.7. The zero-order valence-electron chi connectivity index (χ0n) is 34.5. The van der Waals surface area contributed by atoms with Gasteiger partial charge < -0.3 is 0 Å². The summed E-state index contributed by atoms with van der Waals surface area (Å²) >= 11 is 0. The minimum Gasteiger partial charge on any atom is -0.0622 e. The van der Waals surface area contributed by atoms with Crippen molar-refractivity contribution in [2.24, 2.45) is 0 Å². The summed E-state index contributed by atoms with van der Waals surface area (Å²) < 4.78 is 0. The zero-order valence-corrected chi connectivity index (χ0v) is 34.5. The first kappa shape index (κ1) is 35.8. The van der Waals surface area contributed by atoms with Crippen molar-refractivity contribution in [3.63, 3.8) is 0 Å². The van der Waals surface area contributed by atoms with Crippen molar-refractivity contribution in [1.82, 2.24) is 0 Å². The SMILES string of the molecule is Cc1c2ccccc2c(C)c2cc3c(-c4ccccc4)c4c(C)c5c(-c6ccccc6)c(-c6ccccc6)c(-c6ccccc6)c(-c6ccccc6)c5c(C)c4cc3cc12. The van der Waals surface area contributed by atoms with Crippen LogP contribution in [0.25, 0.3) is 109 Å². The molecule has 0 nitrogen and oxygen atoms in total. The van der Waals surface area contributed by atoms with E-state index in [-0.39, 0.29) is 0 Å². The molecule has 284 valence electrons. The van der Waals surface area contributed by atoms with Crippen LogP contribution in [0.15, 0.2) is 194 Å². The van der Waals surface area contributed by atoms with Crippen LogP contribution in [-0.2, 0) is 0 Å². The van der Waals surface area contributed by atoms with Crippen LogP contribution >= 0.6 is 0 Å². The Morgan fingerprint density at radius 3 is 0.983 bits per heavy atom. The zero-order chi connectivity index (χ0) is 40.5. The molecule has 0 aliphatic rings. The standard InChI is InChI=1S/C60H44/c1-37-47-32-20-21-33-48(47)38(2)50-36-52-46(34-49(37)50)35-51-39(3)54-55(40(4)53(51)56(52)41-22-10-5-11-23-41)58(43-26-14-7-15-27-43)60(45-30-18-9-19-31-45)59(44-28-16-8-17-29-44)57(54)42-24-12-6-13-25-42/h5-36H,1-4H3. The molecule has 0 aliphatic heterocycles. The van der Waals surface area contributed by atoms with Crippen molar-refractivity contribution in [1.29, 1.82) is 0 Å². The Bertz CT molecular complexity index is 3450. The van der Waals surface area contributed by atoms with Crippen LogP contribution in [0.3, 0.4) is 0 Å². The molecule has 0 atom stereocenters. The quantitative estimate of drug-likeness (QED) is 0.153. The molecule has 0 heteroatoms. The van der Waals surface area contributed by atoms with Crippen molar-refractivity contribution >= 4 is 53.9 Å². The van der Waals surface area contributed by atoms with Gasteiger partial charge in [-0.2, -0.15) is 0 Å². The van der Waals surface area contributed by atoms with E-state index in [4.69, 9.17) is 0 Å². The number of rotatable bonds is 5. The number of benzene rings is 11. The Kier molecular flexibility index (Phi) is 8.50. The number of aryl methyl sites for hydroxylation is 4. The Balaban J connectivity index is 1.44. The van der Waals surface area contributed by atoms with Crippen molar-refractivity contribution in [3.8, 4) is 55.6 Å². The molecule has 11 aromatic rings. The average Bonchev–Trinajstić information content (AvgIpc) is 3.32. The van der Waals surface area contributed by atoms with E-state index in [9.17, 15) is 0 Å². The summed E-state index contributed by atoms with van der Waals surface area (Å²) in [5, 5.41) is 13.1. The van der Waals surface area contributed by atoms with Gasteiger partial charge in [-0.25, -0.2) is 0 Å². The lowest BCUT2D eigenvalue weighted by Crippen LogP contribution is -2.02. The molecule has 0 heterocycles. The minimum absolute atomic E-state index is 1.21. The van der Waals surface area contributed by atoms with Crippen LogP contribution in [0.2, 0.25) is 0 Å². The average molecular weight is 765 g/mol. The highest BCUT2D eigenvalue weighted by Gasteiger charge is 2.28. The van der Waals surface area contributed by atoms with Crippen LogP contribution < -0.4 is 0 Å². The first-order chi connectivity index (χ1) is 29.5. The van der Waals surface area contributed by atoms with E-state index in [0.29, 0.717) is 0 Å². The number of hydrogen-bond acceptors (Lipinski definition) is 0. The monoisotopic (exact) mass is 764 g/mol. The fourth-order valence-electron chi connectivity index (χ4n) is 10.4. The maximum atomic E-state index is 2.51. The molecule has 0 amide bonds. The fourth-order valence-corrected chi connectivity index (χ4v) is 10.4. The molecular weight excluding hydrogens is 721 g/mol. The Labute approximate surface area is 352 Å². The third-order valence-electron chi connectivity index (χ3n) is 13.2. The third kappa shape index (κ3) is 5.45. The van der Waals surface area contributed by atoms with Crippen LogP contribution in [0.4, 0.5) is 0 Å². The Morgan fingerprint density at radius 1 is 0.217 bits per heavy atom. The summed E-state index contributed by atoms with van der Waals surface area (Å²) in [5.74, 6) is 0. The van der Waals surface area contributed by atoms with Gasteiger partial charge in [-0.05, 0) is 178 Å². The molecule has 60 heavy (non-hydrogen) atoms. The van der Waals surface area contributed by atoms with Gasteiger partial charge in [0.1, 0.15) is 0 Å². The van der Waals surface area contributed by atoms with E-state index in [1.54, 1.807) is 0 Å². The lowest BCUT2D eigenvalue weighted by atomic mass is 9.75. The van der Waals surface area contributed by atoms with Gasteiger partial charge in [0.05, 0.1) is 0 Å². The van der Waals surface area contributed by atoms with Gasteiger partial charge in [0, 0.05) is 0 Å². The molecule has 0 saturated heterocycles. The summed E-state index contributed by atoms with van der Waals surface area (Å²) in [6, 6.07) is 71.9. The molecule has 0 unspecified atom stereocenters. The Morgan fingerprint density at radius 2 is 0.550 bits per heavy atom. The van der Waals surface area contributed by atoms with Gasteiger partial charge in [-0.15, -0.1) is 0 Å². The van der Waals surface area contributed by atoms with Gasteiger partial charge >= 0.3 is 0 Å². The lowest BCUT2D eigenvalue weighted by Gasteiger charge is -2.28. The molecule has 0 fully saturated rings. The van der Waals surface area contributed by atoms with E-state index in [1.165, 1.54) is 132 Å². The first-order valence-corrected chi connectivity index (χ1v) is 21.1. The minimum atomic E-state index is 1.21. The van der Waals surface area contributed by atoms with E-state index in [0.717, 1.165) is 0 Å². The van der Waals surface area contributed by atoms with Crippen molar-refractivity contribution in [2.45, 2.75) is 27.7 Å². The second-order valence-electron chi connectivity index (χ2n) is 16.4. The van der Waals surface area contributed by atoms with Gasteiger partial charge in [0.2, 0.25) is 0 Å². The second-order valence-corrected chi connectivity index (χ2v) is 16.4. The van der Waals surface area contributed by atoms with E-state index >= 15 is 0 Å². The largest absolute Gasteiger partial charge is 0.0622 e. The molecule has 0 saturated carbocycles. The summed E-state index contributed by atoms with van der Waals surface area (Å²) in [6.45, 7) is 9.37. The molecule has 0 spiro atoms. The predicted octanol–water partition coefficient (Wildman–Crippen LogP) is 17.0. The maximum absolute atomic E-state index is 2.51. The van der Waals surface area contributed by atoms with Gasteiger partial charge in [-0.3, -0.25) is 0 Å². The molecule has 11 aromatic carbocycles. The lowest BCUT2D eigenvalue weighted by molar-refractivity contribution is 1.50. The van der Waals surface area contributed by atoms with Gasteiger partial charge in [-0.1, -0.05) is 176 Å². The highest BCUT2D eigenvalue weighted by molar-refractivity contribution is 6.28. The highest BCUT2D eigenvalue weighted by Crippen LogP contribution is 2.55. The van der Waals surface area contributed by atoms with Crippen LogP contribution in [0.5, 0.6) is 0 Å². The van der Waals surface area contributed by atoms with E-state index in [2.05, 4.69) is 222 Å². The van der Waals surface area contributed by atoms with Crippen molar-refractivity contribution in [2.75, 3.05) is 0 Å². The van der Waals surface area contributed by atoms with E-state index < -0.39 is 0 Å². The molecule has 0 radical (unpaired) electrons. The smallest absolute Gasteiger partial charge is 0.00140 e. The topological polar surface area (TPSA) is 0 Å². The summed E-state index contributed by atoms with van der Waals surface area (Å²) in [5.41, 5.74) is 17.7.